The van der Waals surface area contributed by atoms with Crippen molar-refractivity contribution in [2.45, 2.75) is 25.0 Å². The second-order valence-corrected chi connectivity index (χ2v) is 5.11. The van der Waals surface area contributed by atoms with E-state index >= 15 is 0 Å². The number of aromatic nitrogens is 2. The number of ether oxygens (including phenoxy) is 1. The lowest BCUT2D eigenvalue weighted by Crippen LogP contribution is -2.32. The minimum atomic E-state index is -0.472. The molecule has 3 N–H and O–H groups in total. The Morgan fingerprint density at radius 1 is 1.35 bits per heavy atom. The SMILES string of the molecule is O[C@@H](CNC1CC1)COc1ccc(-c2ncc[nH]2)cc1. The highest BCUT2D eigenvalue weighted by Crippen LogP contribution is 2.20. The number of aromatic amines is 1. The van der Waals surface area contributed by atoms with Gasteiger partial charge in [-0.05, 0) is 37.1 Å². The Morgan fingerprint density at radius 2 is 2.15 bits per heavy atom. The lowest BCUT2D eigenvalue weighted by molar-refractivity contribution is 0.106. The Kier molecular flexibility index (Phi) is 3.99. The summed E-state index contributed by atoms with van der Waals surface area (Å²) in [5, 5.41) is 13.1. The molecule has 1 aliphatic rings. The first-order chi connectivity index (χ1) is 9.81. The van der Waals surface area contributed by atoms with Crippen LogP contribution in [0.25, 0.3) is 11.4 Å². The first kappa shape index (κ1) is 13.1. The number of hydrogen-bond donors (Lipinski definition) is 3. The number of aliphatic hydroxyl groups excluding tert-OH is 1. The van der Waals surface area contributed by atoms with Crippen LogP contribution in [0.3, 0.4) is 0 Å². The Balaban J connectivity index is 1.47. The van der Waals surface area contributed by atoms with Gasteiger partial charge in [0.15, 0.2) is 0 Å². The lowest BCUT2D eigenvalue weighted by Gasteiger charge is -2.13. The maximum absolute atomic E-state index is 9.79. The molecule has 3 rings (SSSR count). The van der Waals surface area contributed by atoms with Crippen molar-refractivity contribution in [3.05, 3.63) is 36.7 Å². The summed E-state index contributed by atoms with van der Waals surface area (Å²) in [6.45, 7) is 0.898. The number of aliphatic hydroxyl groups is 1. The fraction of sp³-hybridized carbons (Fsp3) is 0.400. The highest BCUT2D eigenvalue weighted by atomic mass is 16.5. The van der Waals surface area contributed by atoms with Crippen molar-refractivity contribution in [2.75, 3.05) is 13.2 Å². The third kappa shape index (κ3) is 3.59. The van der Waals surface area contributed by atoms with Gasteiger partial charge in [-0.3, -0.25) is 0 Å². The number of H-pyrrole nitrogens is 1. The summed E-state index contributed by atoms with van der Waals surface area (Å²) < 4.78 is 5.57. The smallest absolute Gasteiger partial charge is 0.137 e. The van der Waals surface area contributed by atoms with E-state index in [1.807, 2.05) is 24.3 Å². The molecule has 0 unspecified atom stereocenters. The van der Waals surface area contributed by atoms with E-state index in [1.54, 1.807) is 12.4 Å². The second-order valence-electron chi connectivity index (χ2n) is 5.11. The molecule has 1 saturated carbocycles. The first-order valence-corrected chi connectivity index (χ1v) is 6.95. The van der Waals surface area contributed by atoms with E-state index in [9.17, 15) is 5.11 Å². The summed E-state index contributed by atoms with van der Waals surface area (Å²) in [6, 6.07) is 8.28. The molecule has 0 spiro atoms. The lowest BCUT2D eigenvalue weighted by atomic mass is 10.2. The highest BCUT2D eigenvalue weighted by molar-refractivity contribution is 5.55. The molecule has 5 nitrogen and oxygen atoms in total. The number of rotatable bonds is 7. The summed E-state index contributed by atoms with van der Waals surface area (Å²) in [7, 11) is 0. The van der Waals surface area contributed by atoms with Gasteiger partial charge in [-0.25, -0.2) is 4.98 Å². The minimum Gasteiger partial charge on any atom is -0.491 e. The Labute approximate surface area is 118 Å². The normalized spacial score (nSPS) is 16.1. The fourth-order valence-electron chi connectivity index (χ4n) is 1.97. The van der Waals surface area contributed by atoms with E-state index in [-0.39, 0.29) is 0 Å². The first-order valence-electron chi connectivity index (χ1n) is 6.95. The number of nitrogens with zero attached hydrogens (tertiary/aromatic N) is 1. The summed E-state index contributed by atoms with van der Waals surface area (Å²) in [5.41, 5.74) is 1.01. The molecule has 0 bridgehead atoms. The monoisotopic (exact) mass is 273 g/mol. The van der Waals surface area contributed by atoms with Crippen LogP contribution in [-0.4, -0.2) is 40.4 Å². The maximum Gasteiger partial charge on any atom is 0.137 e. The van der Waals surface area contributed by atoms with Crippen molar-refractivity contribution >= 4 is 0 Å². The minimum absolute atomic E-state index is 0.305. The predicted molar refractivity (Wildman–Crippen MR) is 76.6 cm³/mol. The maximum atomic E-state index is 9.79. The molecule has 0 amide bonds. The van der Waals surface area contributed by atoms with E-state index in [1.165, 1.54) is 12.8 Å². The van der Waals surface area contributed by atoms with Crippen LogP contribution < -0.4 is 10.1 Å². The average molecular weight is 273 g/mol. The van der Waals surface area contributed by atoms with Crippen molar-refractivity contribution in [3.63, 3.8) is 0 Å². The van der Waals surface area contributed by atoms with E-state index in [4.69, 9.17) is 4.74 Å². The quantitative estimate of drug-likeness (QED) is 0.716. The van der Waals surface area contributed by atoms with E-state index < -0.39 is 6.10 Å². The topological polar surface area (TPSA) is 70.2 Å². The molecule has 2 aromatic rings. The molecular formula is C15H19N3O2. The number of benzene rings is 1. The van der Waals surface area contributed by atoms with Crippen LogP contribution in [0.2, 0.25) is 0 Å². The van der Waals surface area contributed by atoms with Crippen LogP contribution in [0.4, 0.5) is 0 Å². The molecule has 0 aliphatic heterocycles. The molecule has 1 aliphatic carbocycles. The molecule has 1 aromatic heterocycles. The Bertz CT molecular complexity index is 521. The zero-order valence-corrected chi connectivity index (χ0v) is 11.2. The molecule has 106 valence electrons. The largest absolute Gasteiger partial charge is 0.491 e. The standard InChI is InChI=1S/C15H19N3O2/c19-13(9-18-12-3-4-12)10-20-14-5-1-11(2-6-14)15-16-7-8-17-15/h1-2,5-8,12-13,18-19H,3-4,9-10H2,(H,16,17)/t13-/m0/s1. The molecule has 1 aromatic carbocycles. The van der Waals surface area contributed by atoms with Gasteiger partial charge in [0, 0.05) is 30.5 Å². The van der Waals surface area contributed by atoms with Gasteiger partial charge in [-0.1, -0.05) is 0 Å². The van der Waals surface area contributed by atoms with E-state index in [2.05, 4.69) is 15.3 Å². The fourth-order valence-corrected chi connectivity index (χ4v) is 1.97. The van der Waals surface area contributed by atoms with Gasteiger partial charge < -0.3 is 20.1 Å². The summed E-state index contributed by atoms with van der Waals surface area (Å²) in [5.74, 6) is 1.59. The second kappa shape index (κ2) is 6.07. The van der Waals surface area contributed by atoms with Crippen molar-refractivity contribution in [1.82, 2.24) is 15.3 Å². The molecule has 5 heteroatoms. The predicted octanol–water partition coefficient (Wildman–Crippen LogP) is 1.57. The van der Waals surface area contributed by atoms with Crippen molar-refractivity contribution in [2.24, 2.45) is 0 Å². The Morgan fingerprint density at radius 3 is 2.80 bits per heavy atom. The third-order valence-electron chi connectivity index (χ3n) is 3.29. The van der Waals surface area contributed by atoms with Gasteiger partial charge in [-0.2, -0.15) is 0 Å². The van der Waals surface area contributed by atoms with E-state index in [0.717, 1.165) is 17.1 Å². The van der Waals surface area contributed by atoms with Crippen molar-refractivity contribution in [3.8, 4) is 17.1 Å². The van der Waals surface area contributed by atoms with Crippen LogP contribution >= 0.6 is 0 Å². The molecule has 1 heterocycles. The Hall–Kier alpha value is -1.85. The highest BCUT2D eigenvalue weighted by Gasteiger charge is 2.21. The third-order valence-corrected chi connectivity index (χ3v) is 3.29. The summed E-state index contributed by atoms with van der Waals surface area (Å²) in [6.07, 6.45) is 5.50. The zero-order valence-electron chi connectivity index (χ0n) is 11.2. The van der Waals surface area contributed by atoms with Crippen molar-refractivity contribution < 1.29 is 9.84 Å². The number of imidazole rings is 1. The molecule has 0 saturated heterocycles. The van der Waals surface area contributed by atoms with Crippen LogP contribution in [0.5, 0.6) is 5.75 Å². The van der Waals surface area contributed by atoms with E-state index in [0.29, 0.717) is 19.2 Å². The van der Waals surface area contributed by atoms with Gasteiger partial charge in [-0.15, -0.1) is 0 Å². The average Bonchev–Trinajstić information content (AvgIpc) is 3.15. The molecule has 1 atom stereocenters. The molecule has 1 fully saturated rings. The summed E-state index contributed by atoms with van der Waals surface area (Å²) >= 11 is 0. The van der Waals surface area contributed by atoms with Crippen molar-refractivity contribution in [1.29, 1.82) is 0 Å². The molecule has 20 heavy (non-hydrogen) atoms. The van der Waals surface area contributed by atoms with Crippen LogP contribution in [0, 0.1) is 0 Å². The zero-order chi connectivity index (χ0) is 13.8. The van der Waals surface area contributed by atoms with Gasteiger partial charge in [0.1, 0.15) is 24.3 Å². The van der Waals surface area contributed by atoms with Crippen LogP contribution in [0.1, 0.15) is 12.8 Å². The van der Waals surface area contributed by atoms with Crippen LogP contribution in [0.15, 0.2) is 36.7 Å². The number of hydrogen-bond acceptors (Lipinski definition) is 4. The van der Waals surface area contributed by atoms with Gasteiger partial charge in [0.2, 0.25) is 0 Å². The number of nitrogens with one attached hydrogen (secondary N) is 2. The van der Waals surface area contributed by atoms with Gasteiger partial charge >= 0.3 is 0 Å². The van der Waals surface area contributed by atoms with Gasteiger partial charge in [0.05, 0.1) is 0 Å². The molecule has 0 radical (unpaired) electrons. The van der Waals surface area contributed by atoms with Crippen LogP contribution in [-0.2, 0) is 0 Å². The molecular weight excluding hydrogens is 254 g/mol. The van der Waals surface area contributed by atoms with Gasteiger partial charge in [0.25, 0.3) is 0 Å². The summed E-state index contributed by atoms with van der Waals surface area (Å²) in [4.78, 5) is 7.25.